The van der Waals surface area contributed by atoms with Crippen LogP contribution >= 0.6 is 0 Å². The molecule has 0 rings (SSSR count). The Bertz CT molecular complexity index is 81.6. The smallest absolute Gasteiger partial charge is 0.0512 e. The lowest BCUT2D eigenvalue weighted by molar-refractivity contribution is 0.152. The minimum absolute atomic E-state index is 0.221. The monoisotopic (exact) mass is 160 g/mol. The second-order valence-corrected chi connectivity index (χ2v) is 3.26. The molecule has 0 aliphatic heterocycles. The molecule has 0 saturated heterocycles. The fourth-order valence-corrected chi connectivity index (χ4v) is 1.21. The van der Waals surface area contributed by atoms with E-state index < -0.39 is 0 Å². The van der Waals surface area contributed by atoms with Crippen LogP contribution in [-0.4, -0.2) is 22.9 Å². The molecule has 0 spiro atoms. The summed E-state index contributed by atoms with van der Waals surface area (Å²) in [5, 5.41) is 17.9. The van der Waals surface area contributed by atoms with Crippen molar-refractivity contribution < 1.29 is 10.2 Å². The summed E-state index contributed by atoms with van der Waals surface area (Å²) >= 11 is 0. The van der Waals surface area contributed by atoms with Gasteiger partial charge in [0.25, 0.3) is 0 Å². The Morgan fingerprint density at radius 1 is 1.18 bits per heavy atom. The third-order valence-electron chi connectivity index (χ3n) is 1.95. The molecule has 2 nitrogen and oxygen atoms in total. The van der Waals surface area contributed by atoms with Crippen LogP contribution in [0.3, 0.4) is 0 Å². The Kier molecular flexibility index (Phi) is 6.57. The highest BCUT2D eigenvalue weighted by Gasteiger charge is 2.07. The predicted octanol–water partition coefficient (Wildman–Crippen LogP) is 1.56. The summed E-state index contributed by atoms with van der Waals surface area (Å²) in [5.41, 5.74) is 0. The van der Waals surface area contributed by atoms with E-state index in [2.05, 4.69) is 6.92 Å². The van der Waals surface area contributed by atoms with Crippen LogP contribution in [0.25, 0.3) is 0 Å². The lowest BCUT2D eigenvalue weighted by Gasteiger charge is -2.13. The Hall–Kier alpha value is -0.0800. The average Bonchev–Trinajstić information content (AvgIpc) is 1.97. The van der Waals surface area contributed by atoms with Gasteiger partial charge in [-0.15, -0.1) is 0 Å². The molecule has 2 unspecified atom stereocenters. The van der Waals surface area contributed by atoms with Crippen molar-refractivity contribution in [2.24, 2.45) is 5.92 Å². The third-order valence-corrected chi connectivity index (χ3v) is 1.95. The van der Waals surface area contributed by atoms with Gasteiger partial charge < -0.3 is 10.2 Å². The van der Waals surface area contributed by atoms with Gasteiger partial charge in [-0.1, -0.05) is 13.3 Å². The van der Waals surface area contributed by atoms with E-state index in [1.165, 1.54) is 0 Å². The predicted molar refractivity (Wildman–Crippen MR) is 46.4 cm³/mol. The highest BCUT2D eigenvalue weighted by atomic mass is 16.3. The molecule has 11 heavy (non-hydrogen) atoms. The van der Waals surface area contributed by atoms with Crippen LogP contribution in [0.15, 0.2) is 0 Å². The van der Waals surface area contributed by atoms with E-state index in [-0.39, 0.29) is 12.7 Å². The zero-order valence-corrected chi connectivity index (χ0v) is 7.58. The molecule has 0 aliphatic carbocycles. The molecule has 0 aliphatic rings. The number of hydrogen-bond acceptors (Lipinski definition) is 2. The number of aliphatic hydroxyl groups excluding tert-OH is 2. The molecular weight excluding hydrogens is 140 g/mol. The highest BCUT2D eigenvalue weighted by molar-refractivity contribution is 4.59. The van der Waals surface area contributed by atoms with E-state index in [0.717, 1.165) is 25.7 Å². The fraction of sp³-hybridized carbons (Fsp3) is 1.00. The molecule has 0 bridgehead atoms. The van der Waals surface area contributed by atoms with Crippen molar-refractivity contribution in [2.45, 2.75) is 45.6 Å². The lowest BCUT2D eigenvalue weighted by Crippen LogP contribution is -2.09. The lowest BCUT2D eigenvalue weighted by atomic mass is 9.97. The molecule has 0 aromatic heterocycles. The van der Waals surface area contributed by atoms with Crippen LogP contribution in [-0.2, 0) is 0 Å². The van der Waals surface area contributed by atoms with Gasteiger partial charge >= 0.3 is 0 Å². The molecular formula is C9H20O2. The SMILES string of the molecule is CCCC(CO)CCC(C)O. The second kappa shape index (κ2) is 6.62. The van der Waals surface area contributed by atoms with Crippen molar-refractivity contribution in [3.8, 4) is 0 Å². The van der Waals surface area contributed by atoms with Gasteiger partial charge in [-0.3, -0.25) is 0 Å². The Labute approximate surface area is 69.2 Å². The molecule has 0 amide bonds. The zero-order chi connectivity index (χ0) is 8.69. The Morgan fingerprint density at radius 2 is 1.82 bits per heavy atom. The zero-order valence-electron chi connectivity index (χ0n) is 7.58. The molecule has 0 aromatic rings. The molecule has 0 aromatic carbocycles. The fourth-order valence-electron chi connectivity index (χ4n) is 1.21. The van der Waals surface area contributed by atoms with E-state index in [1.54, 1.807) is 6.92 Å². The Balaban J connectivity index is 3.35. The first-order chi connectivity index (χ1) is 5.20. The van der Waals surface area contributed by atoms with Crippen LogP contribution in [0.1, 0.15) is 39.5 Å². The van der Waals surface area contributed by atoms with Gasteiger partial charge in [0.15, 0.2) is 0 Å². The third kappa shape index (κ3) is 6.32. The summed E-state index contributed by atoms with van der Waals surface area (Å²) in [6, 6.07) is 0. The molecule has 68 valence electrons. The number of aliphatic hydroxyl groups is 2. The summed E-state index contributed by atoms with van der Waals surface area (Å²) in [7, 11) is 0. The van der Waals surface area contributed by atoms with Gasteiger partial charge in [-0.05, 0) is 32.1 Å². The summed E-state index contributed by atoms with van der Waals surface area (Å²) in [4.78, 5) is 0. The van der Waals surface area contributed by atoms with E-state index in [9.17, 15) is 0 Å². The van der Waals surface area contributed by atoms with Gasteiger partial charge in [0.1, 0.15) is 0 Å². The quantitative estimate of drug-likeness (QED) is 0.619. The number of rotatable bonds is 6. The molecule has 0 heterocycles. The number of hydrogen-bond donors (Lipinski definition) is 2. The minimum Gasteiger partial charge on any atom is -0.396 e. The van der Waals surface area contributed by atoms with E-state index in [4.69, 9.17) is 10.2 Å². The van der Waals surface area contributed by atoms with Crippen molar-refractivity contribution in [2.75, 3.05) is 6.61 Å². The van der Waals surface area contributed by atoms with E-state index in [1.807, 2.05) is 0 Å². The molecule has 0 radical (unpaired) electrons. The van der Waals surface area contributed by atoms with Crippen molar-refractivity contribution in [1.82, 2.24) is 0 Å². The van der Waals surface area contributed by atoms with Gasteiger partial charge in [0.2, 0.25) is 0 Å². The maximum absolute atomic E-state index is 8.98. The maximum atomic E-state index is 8.98. The Morgan fingerprint density at radius 3 is 2.18 bits per heavy atom. The normalized spacial score (nSPS) is 16.4. The summed E-state index contributed by atoms with van der Waals surface area (Å²) in [6.07, 6.45) is 3.72. The molecule has 2 atom stereocenters. The first-order valence-corrected chi connectivity index (χ1v) is 4.49. The summed E-state index contributed by atoms with van der Waals surface area (Å²) in [6.45, 7) is 4.17. The molecule has 2 heteroatoms. The van der Waals surface area contributed by atoms with Crippen molar-refractivity contribution >= 4 is 0 Å². The molecule has 2 N–H and O–H groups in total. The first kappa shape index (κ1) is 10.9. The maximum Gasteiger partial charge on any atom is 0.0512 e. The summed E-state index contributed by atoms with van der Waals surface area (Å²) < 4.78 is 0. The van der Waals surface area contributed by atoms with Crippen LogP contribution in [0.4, 0.5) is 0 Å². The van der Waals surface area contributed by atoms with Crippen molar-refractivity contribution in [1.29, 1.82) is 0 Å². The highest BCUT2D eigenvalue weighted by Crippen LogP contribution is 2.13. The van der Waals surface area contributed by atoms with Crippen LogP contribution in [0.2, 0.25) is 0 Å². The second-order valence-electron chi connectivity index (χ2n) is 3.26. The van der Waals surface area contributed by atoms with E-state index >= 15 is 0 Å². The van der Waals surface area contributed by atoms with E-state index in [0.29, 0.717) is 5.92 Å². The van der Waals surface area contributed by atoms with Crippen molar-refractivity contribution in [3.63, 3.8) is 0 Å². The minimum atomic E-state index is -0.221. The first-order valence-electron chi connectivity index (χ1n) is 4.49. The van der Waals surface area contributed by atoms with Gasteiger partial charge in [-0.25, -0.2) is 0 Å². The van der Waals surface area contributed by atoms with Crippen molar-refractivity contribution in [3.05, 3.63) is 0 Å². The molecule has 0 fully saturated rings. The van der Waals surface area contributed by atoms with Gasteiger partial charge in [0, 0.05) is 6.61 Å². The van der Waals surface area contributed by atoms with Gasteiger partial charge in [0.05, 0.1) is 6.10 Å². The van der Waals surface area contributed by atoms with Gasteiger partial charge in [-0.2, -0.15) is 0 Å². The topological polar surface area (TPSA) is 40.5 Å². The standard InChI is InChI=1S/C9H20O2/c1-3-4-9(7-10)6-5-8(2)11/h8-11H,3-7H2,1-2H3. The largest absolute Gasteiger partial charge is 0.396 e. The molecule has 0 saturated carbocycles. The average molecular weight is 160 g/mol. The summed E-state index contributed by atoms with van der Waals surface area (Å²) in [5.74, 6) is 0.398. The van der Waals surface area contributed by atoms with Crippen LogP contribution in [0.5, 0.6) is 0 Å². The van der Waals surface area contributed by atoms with Crippen LogP contribution in [0, 0.1) is 5.92 Å². The van der Waals surface area contributed by atoms with Crippen LogP contribution < -0.4 is 0 Å².